The first kappa shape index (κ1) is 28.9. The molecule has 4 aromatic heterocycles. The average molecular weight is 759 g/mol. The van der Waals surface area contributed by atoms with Gasteiger partial charge in [-0.2, -0.15) is 30.3 Å². The Bertz CT molecular complexity index is 2470. The molecule has 9 rings (SSSR count). The molecule has 0 bridgehead atoms. The summed E-state index contributed by atoms with van der Waals surface area (Å²) in [4.78, 5) is 4.41. The number of nitrogens with zero attached hydrogens (tertiary/aromatic N) is 4. The van der Waals surface area contributed by atoms with Crippen LogP contribution in [0.25, 0.3) is 66.1 Å². The van der Waals surface area contributed by atoms with Gasteiger partial charge in [-0.1, -0.05) is 66.7 Å². The van der Waals surface area contributed by atoms with E-state index in [-0.39, 0.29) is 20.1 Å². The summed E-state index contributed by atoms with van der Waals surface area (Å²) in [7, 11) is 2.05. The number of rotatable bonds is 2. The van der Waals surface area contributed by atoms with E-state index in [0.717, 1.165) is 28.0 Å². The van der Waals surface area contributed by atoms with E-state index in [1.54, 1.807) is 0 Å². The van der Waals surface area contributed by atoms with Gasteiger partial charge < -0.3 is 18.5 Å². The summed E-state index contributed by atoms with van der Waals surface area (Å²) < 4.78 is 6.59. The molecule has 9 aromatic rings. The van der Waals surface area contributed by atoms with Gasteiger partial charge >= 0.3 is 20.1 Å². The second-order valence-corrected chi connectivity index (χ2v) is 11.6. The Hall–Kier alpha value is -4.83. The van der Waals surface area contributed by atoms with Gasteiger partial charge in [0.15, 0.2) is 0 Å². The molecule has 0 N–H and O–H groups in total. The molecular weight excluding hydrogens is 729 g/mol. The Kier molecular flexibility index (Phi) is 7.24. The zero-order valence-corrected chi connectivity index (χ0v) is 27.9. The molecule has 45 heavy (non-hydrogen) atoms. The van der Waals surface area contributed by atoms with Crippen LogP contribution in [0.15, 0.2) is 109 Å². The smallest absolute Gasteiger partial charge is 0.342 e. The van der Waals surface area contributed by atoms with Crippen LogP contribution in [-0.2, 0) is 27.2 Å². The normalized spacial score (nSPS) is 11.4. The summed E-state index contributed by atoms with van der Waals surface area (Å²) in [5.74, 6) is 0. The number of aryl methyl sites for hydroxylation is 4. The molecule has 0 amide bonds. The topological polar surface area (TPSA) is 26.1 Å². The first-order valence-corrected chi connectivity index (χ1v) is 14.9. The number of para-hydroxylation sites is 3. The van der Waals surface area contributed by atoms with Crippen molar-refractivity contribution in [1.29, 1.82) is 0 Å². The van der Waals surface area contributed by atoms with Crippen molar-refractivity contribution >= 4 is 49.1 Å². The van der Waals surface area contributed by atoms with E-state index in [1.807, 2.05) is 30.5 Å². The van der Waals surface area contributed by atoms with Gasteiger partial charge in [-0.05, 0) is 37.2 Å². The minimum absolute atomic E-state index is 0. The van der Waals surface area contributed by atoms with Crippen LogP contribution >= 0.6 is 0 Å². The van der Waals surface area contributed by atoms with E-state index in [1.165, 1.54) is 54.8 Å². The summed E-state index contributed by atoms with van der Waals surface area (Å²) in [5.41, 5.74) is 12.9. The number of pyridine rings is 1. The third-order valence-corrected chi connectivity index (χ3v) is 8.72. The van der Waals surface area contributed by atoms with Crippen LogP contribution in [0, 0.1) is 39.2 Å². The van der Waals surface area contributed by atoms with E-state index in [9.17, 15) is 0 Å². The monoisotopic (exact) mass is 759 g/mol. The summed E-state index contributed by atoms with van der Waals surface area (Å²) in [6, 6.07) is 42.8. The standard InChI is InChI=1S/C26H16N3.C14H14N.Ir/c1-27-16-28(17-8-3-2-4-9-17)25-15-23-21(14-24(25)27)20-12-7-11-19-18-10-5-6-13-22(18)29(23)26(19)20;1-10-4-6-13(7-5-10)14-8-11(2)12(3)9-15-14;/h2-8,10-15H,1H3;4-6,8-9H,1-3H3;/q2*-1;+3. The van der Waals surface area contributed by atoms with Gasteiger partial charge in [-0.25, -0.2) is 0 Å². The number of benzene rings is 5. The molecule has 0 aliphatic heterocycles. The van der Waals surface area contributed by atoms with Crippen molar-refractivity contribution in [2.75, 3.05) is 0 Å². The van der Waals surface area contributed by atoms with E-state index in [0.29, 0.717) is 0 Å². The molecule has 0 radical (unpaired) electrons. The largest absolute Gasteiger partial charge is 3.00 e. The number of hydrogen-bond acceptors (Lipinski definition) is 1. The van der Waals surface area contributed by atoms with Gasteiger partial charge in [0.2, 0.25) is 6.33 Å². The van der Waals surface area contributed by atoms with Crippen LogP contribution in [0.2, 0.25) is 0 Å². The Morgan fingerprint density at radius 3 is 2.22 bits per heavy atom. The molecule has 5 heteroatoms. The molecule has 0 aliphatic carbocycles. The molecule has 4 nitrogen and oxygen atoms in total. The van der Waals surface area contributed by atoms with Crippen molar-refractivity contribution in [1.82, 2.24) is 14.0 Å². The quantitative estimate of drug-likeness (QED) is 0.128. The number of imidazole rings is 1. The van der Waals surface area contributed by atoms with Crippen LogP contribution in [0.4, 0.5) is 0 Å². The maximum Gasteiger partial charge on any atom is 3.00 e. The van der Waals surface area contributed by atoms with Crippen LogP contribution < -0.4 is 4.57 Å². The molecule has 4 heterocycles. The predicted octanol–water partition coefficient (Wildman–Crippen LogP) is 8.68. The van der Waals surface area contributed by atoms with Crippen molar-refractivity contribution in [3.05, 3.63) is 144 Å². The summed E-state index contributed by atoms with van der Waals surface area (Å²) in [6.45, 7) is 6.24. The molecule has 0 fully saturated rings. The Morgan fingerprint density at radius 2 is 1.47 bits per heavy atom. The first-order valence-electron chi connectivity index (χ1n) is 14.9. The molecular formula is C40H30IrN4+. The summed E-state index contributed by atoms with van der Waals surface area (Å²) in [6.07, 6.45) is 5.36. The van der Waals surface area contributed by atoms with Crippen molar-refractivity contribution in [3.8, 4) is 16.9 Å². The van der Waals surface area contributed by atoms with Crippen LogP contribution in [0.5, 0.6) is 0 Å². The van der Waals surface area contributed by atoms with Crippen molar-refractivity contribution in [2.45, 2.75) is 20.8 Å². The van der Waals surface area contributed by atoms with Crippen LogP contribution in [0.1, 0.15) is 16.7 Å². The molecule has 0 atom stereocenters. The van der Waals surface area contributed by atoms with E-state index in [2.05, 4.69) is 144 Å². The molecule has 0 saturated heterocycles. The average Bonchev–Trinajstić information content (AvgIpc) is 3.69. The van der Waals surface area contributed by atoms with Gasteiger partial charge in [0.25, 0.3) is 0 Å². The molecule has 218 valence electrons. The second kappa shape index (κ2) is 11.3. The van der Waals surface area contributed by atoms with E-state index >= 15 is 0 Å². The second-order valence-electron chi connectivity index (χ2n) is 11.6. The number of fused-ring (bicyclic) bond motifs is 7. The Labute approximate surface area is 275 Å². The summed E-state index contributed by atoms with van der Waals surface area (Å²) >= 11 is 0. The fourth-order valence-corrected chi connectivity index (χ4v) is 6.30. The third kappa shape index (κ3) is 4.71. The Morgan fingerprint density at radius 1 is 0.689 bits per heavy atom. The fourth-order valence-electron chi connectivity index (χ4n) is 6.30. The molecule has 5 aromatic carbocycles. The molecule has 0 unspecified atom stereocenters. The minimum atomic E-state index is 0. The minimum Gasteiger partial charge on any atom is -0.342 e. The third-order valence-electron chi connectivity index (χ3n) is 8.72. The first-order chi connectivity index (χ1) is 21.5. The van der Waals surface area contributed by atoms with E-state index < -0.39 is 0 Å². The zero-order valence-electron chi connectivity index (χ0n) is 25.5. The van der Waals surface area contributed by atoms with Gasteiger partial charge in [-0.3, -0.25) is 0 Å². The molecule has 0 saturated carbocycles. The maximum atomic E-state index is 4.41. The van der Waals surface area contributed by atoms with Gasteiger partial charge in [0.1, 0.15) is 0 Å². The van der Waals surface area contributed by atoms with Gasteiger partial charge in [0.05, 0.1) is 29.1 Å². The number of aromatic nitrogens is 4. The molecule has 0 aliphatic rings. The van der Waals surface area contributed by atoms with Crippen molar-refractivity contribution < 1.29 is 24.7 Å². The van der Waals surface area contributed by atoms with Crippen LogP contribution in [0.3, 0.4) is 0 Å². The molecule has 0 spiro atoms. The van der Waals surface area contributed by atoms with Crippen LogP contribution in [-0.4, -0.2) is 14.0 Å². The van der Waals surface area contributed by atoms with E-state index in [4.69, 9.17) is 0 Å². The van der Waals surface area contributed by atoms with Crippen molar-refractivity contribution in [2.24, 2.45) is 7.05 Å². The van der Waals surface area contributed by atoms with Gasteiger partial charge in [-0.15, -0.1) is 35.4 Å². The summed E-state index contributed by atoms with van der Waals surface area (Å²) in [5, 5.41) is 5.20. The van der Waals surface area contributed by atoms with Crippen molar-refractivity contribution in [3.63, 3.8) is 0 Å². The SMILES string of the molecule is C[n+]1[c-]n(-c2[c-]cccc2)c2cc3c(cc21)c1cccc2c4ccccc4n3c21.Cc1c[c-]c(-c2cc(C)c(C)cn2)cc1.[Ir+3]. The Balaban J connectivity index is 0.000000173. The number of hydrogen-bond donors (Lipinski definition) is 0. The maximum absolute atomic E-state index is 4.41. The fraction of sp³-hybridized carbons (Fsp3) is 0.100. The predicted molar refractivity (Wildman–Crippen MR) is 180 cm³/mol. The van der Waals surface area contributed by atoms with Gasteiger partial charge in [0, 0.05) is 33.3 Å². The zero-order chi connectivity index (χ0) is 29.9.